The number of hydrogen-bond acceptors (Lipinski definition) is 2. The first-order chi connectivity index (χ1) is 8.16. The van der Waals surface area contributed by atoms with Gasteiger partial charge in [0.25, 0.3) is 0 Å². The first-order valence-electron chi connectivity index (χ1n) is 6.29. The van der Waals surface area contributed by atoms with Crippen molar-refractivity contribution in [1.29, 1.82) is 0 Å². The molecule has 1 fully saturated rings. The maximum absolute atomic E-state index is 5.62. The molecule has 1 atom stereocenters. The highest BCUT2D eigenvalue weighted by Crippen LogP contribution is 2.28. The molecular weight excluding hydrogens is 278 g/mol. The molecule has 0 amide bonds. The third-order valence-electron chi connectivity index (χ3n) is 3.22. The molecule has 17 heavy (non-hydrogen) atoms. The van der Waals surface area contributed by atoms with E-state index in [9.17, 15) is 0 Å². The summed E-state index contributed by atoms with van der Waals surface area (Å²) in [4.78, 5) is 0. The van der Waals surface area contributed by atoms with Gasteiger partial charge in [0.05, 0.1) is 11.8 Å². The minimum atomic E-state index is 0.465. The van der Waals surface area contributed by atoms with Gasteiger partial charge >= 0.3 is 0 Å². The number of benzene rings is 1. The summed E-state index contributed by atoms with van der Waals surface area (Å²) in [6, 6.07) is 4.36. The Morgan fingerprint density at radius 2 is 2.24 bits per heavy atom. The topological polar surface area (TPSA) is 21.3 Å². The van der Waals surface area contributed by atoms with Crippen LogP contribution in [-0.2, 0) is 4.74 Å². The highest BCUT2D eigenvalue weighted by atomic mass is 79.9. The summed E-state index contributed by atoms with van der Waals surface area (Å²) >= 11 is 3.62. The quantitative estimate of drug-likeness (QED) is 0.905. The third kappa shape index (κ3) is 3.46. The number of anilines is 1. The number of aryl methyl sites for hydroxylation is 2. The van der Waals surface area contributed by atoms with E-state index in [0.29, 0.717) is 6.10 Å². The van der Waals surface area contributed by atoms with E-state index in [0.717, 1.165) is 24.0 Å². The molecule has 2 rings (SSSR count). The summed E-state index contributed by atoms with van der Waals surface area (Å²) in [6.45, 7) is 6.19. The summed E-state index contributed by atoms with van der Waals surface area (Å²) in [5.41, 5.74) is 3.80. The summed E-state index contributed by atoms with van der Waals surface area (Å²) < 4.78 is 6.77. The number of rotatable bonds is 4. The Bertz CT molecular complexity index is 363. The largest absolute Gasteiger partial charge is 0.384 e. The van der Waals surface area contributed by atoms with Crippen LogP contribution in [0.5, 0.6) is 0 Å². The van der Waals surface area contributed by atoms with Crippen LogP contribution in [0.4, 0.5) is 5.69 Å². The Labute approximate surface area is 112 Å². The van der Waals surface area contributed by atoms with Crippen molar-refractivity contribution < 1.29 is 4.74 Å². The zero-order valence-electron chi connectivity index (χ0n) is 10.6. The summed E-state index contributed by atoms with van der Waals surface area (Å²) in [6.07, 6.45) is 4.00. The van der Waals surface area contributed by atoms with Gasteiger partial charge in [0.2, 0.25) is 0 Å². The molecule has 1 N–H and O–H groups in total. The molecule has 0 aliphatic carbocycles. The minimum Gasteiger partial charge on any atom is -0.384 e. The molecule has 2 nitrogen and oxygen atoms in total. The van der Waals surface area contributed by atoms with Crippen LogP contribution in [0.25, 0.3) is 0 Å². The Kier molecular flexibility index (Phi) is 4.46. The lowest BCUT2D eigenvalue weighted by Crippen LogP contribution is -2.13. The Hall–Kier alpha value is -0.540. The van der Waals surface area contributed by atoms with Crippen molar-refractivity contribution in [3.05, 3.63) is 27.7 Å². The smallest absolute Gasteiger partial charge is 0.0592 e. The molecule has 1 aliphatic rings. The molecule has 1 aliphatic heterocycles. The summed E-state index contributed by atoms with van der Waals surface area (Å²) in [5.74, 6) is 0. The predicted molar refractivity (Wildman–Crippen MR) is 75.7 cm³/mol. The van der Waals surface area contributed by atoms with Crippen LogP contribution < -0.4 is 5.32 Å². The van der Waals surface area contributed by atoms with Crippen molar-refractivity contribution in [2.75, 3.05) is 18.5 Å². The first kappa shape index (κ1) is 12.9. The lowest BCUT2D eigenvalue weighted by Gasteiger charge is -2.14. The average molecular weight is 298 g/mol. The zero-order chi connectivity index (χ0) is 12.3. The van der Waals surface area contributed by atoms with Gasteiger partial charge in [-0.2, -0.15) is 0 Å². The standard InChI is InChI=1S/C14H20BrNO/c1-10-8-11(2)14(13(15)9-10)16-6-5-12-4-3-7-17-12/h8-9,12,16H,3-7H2,1-2H3. The number of halogens is 1. The van der Waals surface area contributed by atoms with E-state index in [4.69, 9.17) is 4.74 Å². The maximum Gasteiger partial charge on any atom is 0.0592 e. The average Bonchev–Trinajstić information content (AvgIpc) is 2.74. The van der Waals surface area contributed by atoms with Crippen molar-refractivity contribution in [1.82, 2.24) is 0 Å². The highest BCUT2D eigenvalue weighted by Gasteiger charge is 2.15. The van der Waals surface area contributed by atoms with Crippen LogP contribution in [0, 0.1) is 13.8 Å². The molecule has 0 aromatic heterocycles. The summed E-state index contributed by atoms with van der Waals surface area (Å²) in [7, 11) is 0. The zero-order valence-corrected chi connectivity index (χ0v) is 12.1. The van der Waals surface area contributed by atoms with E-state index in [1.54, 1.807) is 0 Å². The van der Waals surface area contributed by atoms with Gasteiger partial charge in [-0.3, -0.25) is 0 Å². The third-order valence-corrected chi connectivity index (χ3v) is 3.85. The lowest BCUT2D eigenvalue weighted by atomic mass is 10.1. The van der Waals surface area contributed by atoms with Crippen molar-refractivity contribution in [3.8, 4) is 0 Å². The second-order valence-corrected chi connectivity index (χ2v) is 5.64. The van der Waals surface area contributed by atoms with Crippen molar-refractivity contribution in [3.63, 3.8) is 0 Å². The predicted octanol–water partition coefficient (Wildman–Crippen LogP) is 4.05. The second-order valence-electron chi connectivity index (χ2n) is 4.79. The van der Waals surface area contributed by atoms with Crippen molar-refractivity contribution in [2.24, 2.45) is 0 Å². The number of nitrogens with one attached hydrogen (secondary N) is 1. The van der Waals surface area contributed by atoms with Crippen LogP contribution >= 0.6 is 15.9 Å². The Morgan fingerprint density at radius 1 is 1.41 bits per heavy atom. The molecule has 94 valence electrons. The van der Waals surface area contributed by atoms with Gasteiger partial charge in [-0.15, -0.1) is 0 Å². The molecule has 0 bridgehead atoms. The molecule has 1 aromatic rings. The fraction of sp³-hybridized carbons (Fsp3) is 0.571. The summed E-state index contributed by atoms with van der Waals surface area (Å²) in [5, 5.41) is 3.51. The van der Waals surface area contributed by atoms with E-state index in [-0.39, 0.29) is 0 Å². The van der Waals surface area contributed by atoms with E-state index in [1.807, 2.05) is 0 Å². The SMILES string of the molecule is Cc1cc(C)c(NCCC2CCCO2)c(Br)c1. The second kappa shape index (κ2) is 5.87. The Balaban J connectivity index is 1.89. The monoisotopic (exact) mass is 297 g/mol. The highest BCUT2D eigenvalue weighted by molar-refractivity contribution is 9.10. The molecule has 3 heteroatoms. The van der Waals surface area contributed by atoms with Gasteiger partial charge in [0.15, 0.2) is 0 Å². The van der Waals surface area contributed by atoms with Gasteiger partial charge in [-0.25, -0.2) is 0 Å². The molecule has 1 heterocycles. The minimum absolute atomic E-state index is 0.465. The van der Waals surface area contributed by atoms with Crippen LogP contribution in [0.3, 0.4) is 0 Å². The fourth-order valence-electron chi connectivity index (χ4n) is 2.37. The van der Waals surface area contributed by atoms with Gasteiger partial charge < -0.3 is 10.1 Å². The molecule has 0 radical (unpaired) electrons. The van der Waals surface area contributed by atoms with E-state index in [1.165, 1.54) is 29.7 Å². The van der Waals surface area contributed by atoms with Crippen LogP contribution in [0.1, 0.15) is 30.4 Å². The normalized spacial score (nSPS) is 19.6. The van der Waals surface area contributed by atoms with E-state index >= 15 is 0 Å². The first-order valence-corrected chi connectivity index (χ1v) is 7.08. The van der Waals surface area contributed by atoms with Crippen molar-refractivity contribution in [2.45, 2.75) is 39.2 Å². The van der Waals surface area contributed by atoms with E-state index in [2.05, 4.69) is 47.2 Å². The van der Waals surface area contributed by atoms with Crippen LogP contribution in [0.2, 0.25) is 0 Å². The maximum atomic E-state index is 5.62. The molecular formula is C14H20BrNO. The van der Waals surface area contributed by atoms with Gasteiger partial charge in [0.1, 0.15) is 0 Å². The van der Waals surface area contributed by atoms with Crippen LogP contribution in [0.15, 0.2) is 16.6 Å². The lowest BCUT2D eigenvalue weighted by molar-refractivity contribution is 0.107. The van der Waals surface area contributed by atoms with E-state index < -0.39 is 0 Å². The number of ether oxygens (including phenoxy) is 1. The van der Waals surface area contributed by atoms with Crippen LogP contribution in [-0.4, -0.2) is 19.3 Å². The van der Waals surface area contributed by atoms with Gasteiger partial charge in [0, 0.05) is 17.6 Å². The molecule has 1 saturated heterocycles. The molecule has 0 saturated carbocycles. The number of hydrogen-bond donors (Lipinski definition) is 1. The molecule has 1 unspecified atom stereocenters. The van der Waals surface area contributed by atoms with Gasteiger partial charge in [-0.05, 0) is 66.2 Å². The Morgan fingerprint density at radius 3 is 2.88 bits per heavy atom. The molecule has 0 spiro atoms. The van der Waals surface area contributed by atoms with Crippen molar-refractivity contribution >= 4 is 21.6 Å². The molecule has 1 aromatic carbocycles. The van der Waals surface area contributed by atoms with Gasteiger partial charge in [-0.1, -0.05) is 6.07 Å². The fourth-order valence-corrected chi connectivity index (χ4v) is 3.18.